The Bertz CT molecular complexity index is 928. The summed E-state index contributed by atoms with van der Waals surface area (Å²) in [6, 6.07) is 11.0. The summed E-state index contributed by atoms with van der Waals surface area (Å²) >= 11 is 6.39. The van der Waals surface area contributed by atoms with E-state index in [1.165, 1.54) is 0 Å². The molecule has 0 aliphatic heterocycles. The zero-order chi connectivity index (χ0) is 17.8. The van der Waals surface area contributed by atoms with Crippen molar-refractivity contribution < 1.29 is 14.3 Å². The van der Waals surface area contributed by atoms with Crippen LogP contribution in [0.15, 0.2) is 42.6 Å². The number of carbonyl (C=O) groups is 1. The van der Waals surface area contributed by atoms with Crippen molar-refractivity contribution in [2.45, 2.75) is 20.5 Å². The van der Waals surface area contributed by atoms with Crippen molar-refractivity contribution in [3.8, 4) is 5.88 Å². The molecular weight excluding hydrogens is 340 g/mol. The van der Waals surface area contributed by atoms with Crippen molar-refractivity contribution in [1.29, 1.82) is 0 Å². The van der Waals surface area contributed by atoms with Crippen molar-refractivity contribution in [2.75, 3.05) is 6.61 Å². The molecule has 0 unspecified atom stereocenters. The number of halogens is 1. The van der Waals surface area contributed by atoms with Gasteiger partial charge in [-0.15, -0.1) is 0 Å². The molecule has 0 aliphatic carbocycles. The number of fused-ring (bicyclic) bond motifs is 1. The van der Waals surface area contributed by atoms with Crippen LogP contribution in [0, 0.1) is 6.92 Å². The first-order valence-corrected chi connectivity index (χ1v) is 8.28. The number of hydrogen-bond donors (Lipinski definition) is 0. The molecule has 1 aromatic carbocycles. The van der Waals surface area contributed by atoms with Gasteiger partial charge in [0, 0.05) is 11.6 Å². The van der Waals surface area contributed by atoms with E-state index in [4.69, 9.17) is 21.1 Å². The lowest BCUT2D eigenvalue weighted by Gasteiger charge is -2.11. The Hall–Kier alpha value is -2.66. The first-order chi connectivity index (χ1) is 12.1. The normalized spacial score (nSPS) is 10.7. The van der Waals surface area contributed by atoms with E-state index in [1.807, 2.05) is 38.1 Å². The van der Waals surface area contributed by atoms with Gasteiger partial charge in [-0.1, -0.05) is 29.8 Å². The molecule has 0 radical (unpaired) electrons. The molecule has 25 heavy (non-hydrogen) atoms. The van der Waals surface area contributed by atoms with Crippen LogP contribution in [0.2, 0.25) is 5.02 Å². The van der Waals surface area contributed by atoms with E-state index in [0.717, 1.165) is 16.5 Å². The van der Waals surface area contributed by atoms with E-state index >= 15 is 0 Å². The summed E-state index contributed by atoms with van der Waals surface area (Å²) < 4.78 is 10.7. The minimum atomic E-state index is -0.528. The lowest BCUT2D eigenvalue weighted by molar-refractivity contribution is 0.0462. The molecule has 0 saturated carbocycles. The molecule has 3 rings (SSSR count). The monoisotopic (exact) mass is 356 g/mol. The topological polar surface area (TPSA) is 61.3 Å². The van der Waals surface area contributed by atoms with Crippen molar-refractivity contribution in [3.05, 3.63) is 64.4 Å². The van der Waals surface area contributed by atoms with Crippen LogP contribution in [0.4, 0.5) is 0 Å². The average molecular weight is 357 g/mol. The molecule has 0 bridgehead atoms. The van der Waals surface area contributed by atoms with Crippen molar-refractivity contribution in [2.24, 2.45) is 0 Å². The number of esters is 1. The maximum absolute atomic E-state index is 12.4. The quantitative estimate of drug-likeness (QED) is 0.636. The highest BCUT2D eigenvalue weighted by molar-refractivity contribution is 6.32. The van der Waals surface area contributed by atoms with E-state index < -0.39 is 5.97 Å². The van der Waals surface area contributed by atoms with Crippen LogP contribution < -0.4 is 4.74 Å². The van der Waals surface area contributed by atoms with E-state index in [9.17, 15) is 4.79 Å². The fourth-order valence-corrected chi connectivity index (χ4v) is 2.72. The Labute approximate surface area is 150 Å². The molecule has 0 N–H and O–H groups in total. The molecule has 0 spiro atoms. The van der Waals surface area contributed by atoms with Gasteiger partial charge in [0.25, 0.3) is 0 Å². The lowest BCUT2D eigenvalue weighted by Crippen LogP contribution is -2.10. The van der Waals surface area contributed by atoms with Gasteiger partial charge in [-0.05, 0) is 37.6 Å². The summed E-state index contributed by atoms with van der Waals surface area (Å²) in [6.45, 7) is 4.13. The standard InChI is InChI=1S/C19H17ClN2O3/c1-3-24-18-14(8-6-10-21-18)19(23)25-11-16-17(20)12(2)13-7-4-5-9-15(13)22-16/h4-10H,3,11H2,1-2H3. The SMILES string of the molecule is CCOc1ncccc1C(=O)OCc1nc2ccccc2c(C)c1Cl. The highest BCUT2D eigenvalue weighted by Crippen LogP contribution is 2.27. The fraction of sp³-hybridized carbons (Fsp3) is 0.211. The summed E-state index contributed by atoms with van der Waals surface area (Å²) in [4.78, 5) is 20.9. The molecule has 0 aliphatic rings. The number of ether oxygens (including phenoxy) is 2. The molecule has 128 valence electrons. The number of para-hydroxylation sites is 1. The van der Waals surface area contributed by atoms with E-state index in [1.54, 1.807) is 18.3 Å². The van der Waals surface area contributed by atoms with Crippen LogP contribution in [0.3, 0.4) is 0 Å². The van der Waals surface area contributed by atoms with Crippen LogP contribution >= 0.6 is 11.6 Å². The third kappa shape index (κ3) is 3.56. The molecule has 0 amide bonds. The predicted molar refractivity (Wildman–Crippen MR) is 96.0 cm³/mol. The second kappa shape index (κ2) is 7.49. The molecule has 0 atom stereocenters. The third-order valence-corrected chi connectivity index (χ3v) is 4.26. The van der Waals surface area contributed by atoms with Gasteiger partial charge in [0.15, 0.2) is 0 Å². The summed E-state index contributed by atoms with van der Waals surface area (Å²) in [7, 11) is 0. The summed E-state index contributed by atoms with van der Waals surface area (Å²) in [5.74, 6) is -0.274. The second-order valence-corrected chi connectivity index (χ2v) is 5.76. The van der Waals surface area contributed by atoms with Crippen LogP contribution in [0.1, 0.15) is 28.5 Å². The van der Waals surface area contributed by atoms with Gasteiger partial charge >= 0.3 is 5.97 Å². The number of carbonyl (C=O) groups excluding carboxylic acids is 1. The highest BCUT2D eigenvalue weighted by atomic mass is 35.5. The number of aromatic nitrogens is 2. The first-order valence-electron chi connectivity index (χ1n) is 7.90. The summed E-state index contributed by atoms with van der Waals surface area (Å²) in [5, 5.41) is 1.48. The molecule has 3 aromatic rings. The van der Waals surface area contributed by atoms with E-state index in [-0.39, 0.29) is 18.1 Å². The molecule has 2 aromatic heterocycles. The van der Waals surface area contributed by atoms with Crippen LogP contribution in [0.5, 0.6) is 5.88 Å². The van der Waals surface area contributed by atoms with Gasteiger partial charge in [0.1, 0.15) is 12.2 Å². The van der Waals surface area contributed by atoms with Crippen molar-refractivity contribution >= 4 is 28.5 Å². The number of nitrogens with zero attached hydrogens (tertiary/aromatic N) is 2. The smallest absolute Gasteiger partial charge is 0.344 e. The Morgan fingerprint density at radius 2 is 2.00 bits per heavy atom. The van der Waals surface area contributed by atoms with Gasteiger partial charge in [0.05, 0.1) is 22.8 Å². The van der Waals surface area contributed by atoms with E-state index in [0.29, 0.717) is 17.3 Å². The maximum Gasteiger partial charge on any atom is 0.344 e. The summed E-state index contributed by atoms with van der Waals surface area (Å²) in [6.07, 6.45) is 1.56. The average Bonchev–Trinajstić information content (AvgIpc) is 2.64. The van der Waals surface area contributed by atoms with Crippen LogP contribution in [-0.4, -0.2) is 22.5 Å². The van der Waals surface area contributed by atoms with Gasteiger partial charge in [-0.3, -0.25) is 0 Å². The number of aryl methyl sites for hydroxylation is 1. The van der Waals surface area contributed by atoms with Crippen molar-refractivity contribution in [1.82, 2.24) is 9.97 Å². The second-order valence-electron chi connectivity index (χ2n) is 5.38. The maximum atomic E-state index is 12.4. The summed E-state index contributed by atoms with van der Waals surface area (Å²) in [5.41, 5.74) is 2.52. The molecule has 5 nitrogen and oxygen atoms in total. The van der Waals surface area contributed by atoms with Crippen LogP contribution in [0.25, 0.3) is 10.9 Å². The molecule has 2 heterocycles. The highest BCUT2D eigenvalue weighted by Gasteiger charge is 2.17. The molecule has 0 saturated heterocycles. The lowest BCUT2D eigenvalue weighted by atomic mass is 10.1. The predicted octanol–water partition coefficient (Wildman–Crippen LogP) is 4.35. The number of rotatable bonds is 5. The largest absolute Gasteiger partial charge is 0.477 e. The number of pyridine rings is 2. The molecule has 0 fully saturated rings. The van der Waals surface area contributed by atoms with Gasteiger partial charge < -0.3 is 9.47 Å². The number of hydrogen-bond acceptors (Lipinski definition) is 5. The Morgan fingerprint density at radius 1 is 1.20 bits per heavy atom. The Kier molecular flexibility index (Phi) is 5.14. The van der Waals surface area contributed by atoms with Gasteiger partial charge in [-0.25, -0.2) is 14.8 Å². The van der Waals surface area contributed by atoms with E-state index in [2.05, 4.69) is 9.97 Å². The molecular formula is C19H17ClN2O3. The first kappa shape index (κ1) is 17.2. The third-order valence-electron chi connectivity index (χ3n) is 3.76. The van der Waals surface area contributed by atoms with Gasteiger partial charge in [0.2, 0.25) is 5.88 Å². The van der Waals surface area contributed by atoms with Crippen LogP contribution in [-0.2, 0) is 11.3 Å². The molecule has 6 heteroatoms. The Balaban J connectivity index is 1.83. The zero-order valence-corrected chi connectivity index (χ0v) is 14.7. The van der Waals surface area contributed by atoms with Gasteiger partial charge in [-0.2, -0.15) is 0 Å². The minimum Gasteiger partial charge on any atom is -0.477 e. The number of benzene rings is 1. The Morgan fingerprint density at radius 3 is 2.80 bits per heavy atom. The zero-order valence-electron chi connectivity index (χ0n) is 14.0. The van der Waals surface area contributed by atoms with Crippen molar-refractivity contribution in [3.63, 3.8) is 0 Å². The fourth-order valence-electron chi connectivity index (χ4n) is 2.52. The minimum absolute atomic E-state index is 0.0240.